The van der Waals surface area contributed by atoms with Crippen LogP contribution in [-0.2, 0) is 17.7 Å². The maximum Gasteiger partial charge on any atom is 0.412 e. The van der Waals surface area contributed by atoms with Crippen LogP contribution in [0.15, 0.2) is 41.5 Å². The van der Waals surface area contributed by atoms with Gasteiger partial charge in [0.2, 0.25) is 5.95 Å². The second-order valence-corrected chi connectivity index (χ2v) is 10.7. The summed E-state index contributed by atoms with van der Waals surface area (Å²) in [6.07, 6.45) is 2.95. The van der Waals surface area contributed by atoms with E-state index in [-0.39, 0.29) is 33.3 Å². The monoisotopic (exact) mass is 600 g/mol. The Labute approximate surface area is 246 Å². The van der Waals surface area contributed by atoms with E-state index in [1.165, 1.54) is 25.0 Å². The number of aryl methyl sites for hydroxylation is 2. The molecule has 0 fully saturated rings. The SMILES string of the molecule is CNc1ncc2cc(-c3c(Cl)c(OC)cc(OC)c3Cl)c(=O)n(CCc3ccc(NC(=O)OC(C)(C)C)cn3)c2n1. The smallest absolute Gasteiger partial charge is 0.412 e. The maximum atomic E-state index is 14.0. The van der Waals surface area contributed by atoms with Crippen LogP contribution in [0.25, 0.3) is 22.2 Å². The van der Waals surface area contributed by atoms with Crippen LogP contribution >= 0.6 is 23.2 Å². The number of rotatable bonds is 8. The van der Waals surface area contributed by atoms with E-state index in [0.717, 1.165) is 0 Å². The molecule has 0 atom stereocenters. The number of carbonyl (C=O) groups is 1. The average molecular weight is 601 g/mol. The molecular weight excluding hydrogens is 571 g/mol. The van der Waals surface area contributed by atoms with Gasteiger partial charge in [-0.15, -0.1) is 0 Å². The largest absolute Gasteiger partial charge is 0.495 e. The highest BCUT2D eigenvalue weighted by Crippen LogP contribution is 2.45. The zero-order valence-corrected chi connectivity index (χ0v) is 25.0. The van der Waals surface area contributed by atoms with Crippen molar-refractivity contribution in [3.63, 3.8) is 0 Å². The van der Waals surface area contributed by atoms with Crippen molar-refractivity contribution < 1.29 is 19.0 Å². The number of halogens is 2. The predicted molar refractivity (Wildman–Crippen MR) is 160 cm³/mol. The number of nitrogens with zero attached hydrogens (tertiary/aromatic N) is 4. The van der Waals surface area contributed by atoms with Crippen molar-refractivity contribution in [1.29, 1.82) is 0 Å². The molecule has 0 radical (unpaired) electrons. The molecule has 1 amide bonds. The third kappa shape index (κ3) is 6.63. The van der Waals surface area contributed by atoms with Gasteiger partial charge in [-0.1, -0.05) is 23.2 Å². The minimum absolute atomic E-state index is 0.170. The maximum absolute atomic E-state index is 14.0. The van der Waals surface area contributed by atoms with Crippen LogP contribution in [0.5, 0.6) is 11.5 Å². The van der Waals surface area contributed by atoms with Crippen LogP contribution in [0.1, 0.15) is 26.5 Å². The first kappa shape index (κ1) is 29.9. The number of amides is 1. The fourth-order valence-corrected chi connectivity index (χ4v) is 4.79. The molecule has 4 rings (SSSR count). The topological polar surface area (TPSA) is 129 Å². The predicted octanol–water partition coefficient (Wildman–Crippen LogP) is 5.81. The number of aromatic nitrogens is 4. The molecule has 0 saturated carbocycles. The summed E-state index contributed by atoms with van der Waals surface area (Å²) in [6, 6.07) is 6.68. The van der Waals surface area contributed by atoms with E-state index in [9.17, 15) is 9.59 Å². The molecular formula is C28H30Cl2N6O5. The molecule has 216 valence electrons. The third-order valence-corrected chi connectivity index (χ3v) is 6.71. The molecule has 11 nitrogen and oxygen atoms in total. The van der Waals surface area contributed by atoms with Crippen LogP contribution in [0.2, 0.25) is 10.0 Å². The molecule has 0 aliphatic carbocycles. The number of pyridine rings is 2. The molecule has 0 bridgehead atoms. The fraction of sp³-hybridized carbons (Fsp3) is 0.321. The molecule has 41 heavy (non-hydrogen) atoms. The van der Waals surface area contributed by atoms with Crippen molar-refractivity contribution in [2.75, 3.05) is 31.9 Å². The summed E-state index contributed by atoms with van der Waals surface area (Å²) < 4.78 is 17.6. The van der Waals surface area contributed by atoms with Crippen molar-refractivity contribution in [3.05, 3.63) is 62.8 Å². The number of methoxy groups -OCH3 is 2. The van der Waals surface area contributed by atoms with E-state index in [1.54, 1.807) is 58.3 Å². The highest BCUT2D eigenvalue weighted by atomic mass is 35.5. The highest BCUT2D eigenvalue weighted by molar-refractivity contribution is 6.41. The Morgan fingerprint density at radius 2 is 1.71 bits per heavy atom. The first-order chi connectivity index (χ1) is 19.4. The molecule has 3 aromatic heterocycles. The third-order valence-electron chi connectivity index (χ3n) is 5.96. The molecule has 4 aromatic rings. The van der Waals surface area contributed by atoms with Gasteiger partial charge in [0.25, 0.3) is 5.56 Å². The Kier molecular flexibility index (Phi) is 8.89. The first-order valence-corrected chi connectivity index (χ1v) is 13.3. The van der Waals surface area contributed by atoms with Crippen LogP contribution < -0.4 is 25.7 Å². The lowest BCUT2D eigenvalue weighted by molar-refractivity contribution is 0.0636. The van der Waals surface area contributed by atoms with Crippen molar-refractivity contribution in [2.45, 2.75) is 39.3 Å². The average Bonchev–Trinajstić information content (AvgIpc) is 2.92. The number of carbonyl (C=O) groups excluding carboxylic acids is 1. The lowest BCUT2D eigenvalue weighted by Gasteiger charge is -2.19. The number of anilines is 2. The van der Waals surface area contributed by atoms with Gasteiger partial charge in [0.1, 0.15) is 22.7 Å². The Morgan fingerprint density at radius 1 is 1.02 bits per heavy atom. The van der Waals surface area contributed by atoms with E-state index in [1.807, 2.05) is 0 Å². The van der Waals surface area contributed by atoms with Crippen LogP contribution in [0.4, 0.5) is 16.4 Å². The Balaban J connectivity index is 1.74. The van der Waals surface area contributed by atoms with Crippen LogP contribution in [0.3, 0.4) is 0 Å². The molecule has 0 aliphatic rings. The number of nitrogens with one attached hydrogen (secondary N) is 2. The number of benzene rings is 1. The summed E-state index contributed by atoms with van der Waals surface area (Å²) in [5.74, 6) is 0.966. The number of ether oxygens (including phenoxy) is 3. The zero-order chi connectivity index (χ0) is 29.9. The zero-order valence-electron chi connectivity index (χ0n) is 23.5. The molecule has 2 N–H and O–H groups in total. The van der Waals surface area contributed by atoms with E-state index in [4.69, 9.17) is 37.4 Å². The Morgan fingerprint density at radius 3 is 2.27 bits per heavy atom. The summed E-state index contributed by atoms with van der Waals surface area (Å²) in [6.45, 7) is 5.58. The lowest BCUT2D eigenvalue weighted by atomic mass is 10.0. The summed E-state index contributed by atoms with van der Waals surface area (Å²) in [4.78, 5) is 39.3. The minimum Gasteiger partial charge on any atom is -0.495 e. The van der Waals surface area contributed by atoms with Crippen molar-refractivity contribution >= 4 is 52.0 Å². The van der Waals surface area contributed by atoms with E-state index < -0.39 is 11.7 Å². The molecule has 0 saturated heterocycles. The quantitative estimate of drug-likeness (QED) is 0.257. The molecule has 0 unspecified atom stereocenters. The lowest BCUT2D eigenvalue weighted by Crippen LogP contribution is -2.27. The van der Waals surface area contributed by atoms with Crippen molar-refractivity contribution in [3.8, 4) is 22.6 Å². The van der Waals surface area contributed by atoms with Gasteiger partial charge in [0.15, 0.2) is 0 Å². The van der Waals surface area contributed by atoms with Crippen molar-refractivity contribution in [1.82, 2.24) is 19.5 Å². The molecule has 0 spiro atoms. The molecule has 0 aliphatic heterocycles. The Bertz CT molecular complexity index is 1620. The number of hydrogen-bond donors (Lipinski definition) is 2. The molecule has 3 heterocycles. The molecule has 1 aromatic carbocycles. The first-order valence-electron chi connectivity index (χ1n) is 12.6. The minimum atomic E-state index is -0.622. The summed E-state index contributed by atoms with van der Waals surface area (Å²) in [5, 5.41) is 6.49. The van der Waals surface area contributed by atoms with E-state index in [2.05, 4.69) is 25.6 Å². The molecule has 13 heteroatoms. The van der Waals surface area contributed by atoms with E-state index >= 15 is 0 Å². The Hall–Kier alpha value is -4.09. The van der Waals surface area contributed by atoms with Crippen LogP contribution in [-0.4, -0.2) is 52.5 Å². The van der Waals surface area contributed by atoms with Crippen LogP contribution in [0, 0.1) is 0 Å². The van der Waals surface area contributed by atoms with Gasteiger partial charge in [-0.25, -0.2) is 9.78 Å². The number of fused-ring (bicyclic) bond motifs is 1. The van der Waals surface area contributed by atoms with Gasteiger partial charge in [0.05, 0.1) is 41.7 Å². The van der Waals surface area contributed by atoms with Gasteiger partial charge in [-0.05, 0) is 39.0 Å². The van der Waals surface area contributed by atoms with Crippen molar-refractivity contribution in [2.24, 2.45) is 0 Å². The van der Waals surface area contributed by atoms with Gasteiger partial charge in [-0.3, -0.25) is 19.7 Å². The van der Waals surface area contributed by atoms with E-state index in [0.29, 0.717) is 46.3 Å². The van der Waals surface area contributed by atoms with Gasteiger partial charge in [-0.2, -0.15) is 4.98 Å². The highest BCUT2D eigenvalue weighted by Gasteiger charge is 2.23. The summed E-state index contributed by atoms with van der Waals surface area (Å²) >= 11 is 13.3. The normalized spacial score (nSPS) is 11.3. The van der Waals surface area contributed by atoms with Gasteiger partial charge < -0.3 is 19.5 Å². The second kappa shape index (κ2) is 12.2. The summed E-state index contributed by atoms with van der Waals surface area (Å²) in [5.41, 5.74) is 1.10. The standard InChI is InChI=1S/C28H30Cl2N6O5/c1-28(2,3)41-27(38)34-17-8-7-16(32-14-17)9-10-36-24-15(13-33-26(31-4)35-24)11-18(25(36)37)21-22(29)19(39-5)12-20(40-6)23(21)30/h7-8,11-14H,9-10H2,1-6H3,(H,34,38)(H,31,33,35). The fourth-order valence-electron chi connectivity index (χ4n) is 4.08. The van der Waals surface area contributed by atoms with Gasteiger partial charge >= 0.3 is 6.09 Å². The second-order valence-electron chi connectivity index (χ2n) is 9.94. The number of hydrogen-bond acceptors (Lipinski definition) is 9. The van der Waals surface area contributed by atoms with Gasteiger partial charge in [0, 0.05) is 48.9 Å². The summed E-state index contributed by atoms with van der Waals surface area (Å²) in [7, 11) is 4.62.